The molecule has 2 rings (SSSR count). The van der Waals surface area contributed by atoms with Gasteiger partial charge in [-0.1, -0.05) is 43.3 Å². The molecule has 0 aliphatic rings. The molecule has 3 nitrogen and oxygen atoms in total. The summed E-state index contributed by atoms with van der Waals surface area (Å²) in [7, 11) is 0. The Morgan fingerprint density at radius 3 is 2.60 bits per heavy atom. The predicted molar refractivity (Wildman–Crippen MR) is 83.7 cm³/mol. The Morgan fingerprint density at radius 2 is 1.90 bits per heavy atom. The molecule has 2 aromatic rings. The molecule has 0 saturated heterocycles. The van der Waals surface area contributed by atoms with Crippen LogP contribution in [-0.4, -0.2) is 30.4 Å². The van der Waals surface area contributed by atoms with Gasteiger partial charge in [0, 0.05) is 18.7 Å². The van der Waals surface area contributed by atoms with E-state index in [0.29, 0.717) is 25.6 Å². The Bertz CT molecular complexity index is 589. The van der Waals surface area contributed by atoms with E-state index in [0.717, 1.165) is 16.3 Å². The second-order valence-corrected chi connectivity index (χ2v) is 5.21. The van der Waals surface area contributed by atoms with Crippen LogP contribution >= 0.6 is 0 Å². The predicted octanol–water partition coefficient (Wildman–Crippen LogP) is 2.90. The van der Waals surface area contributed by atoms with Crippen molar-refractivity contribution in [2.24, 2.45) is 11.7 Å². The number of carbonyl (C=O) groups is 1. The minimum atomic E-state index is 0.0876. The van der Waals surface area contributed by atoms with Crippen LogP contribution in [0.15, 0.2) is 42.5 Å². The SMILES string of the molecule is CCN(CC(C)CN)C(=O)c1cccc2ccccc12. The highest BCUT2D eigenvalue weighted by molar-refractivity contribution is 6.07. The molecule has 0 fully saturated rings. The van der Waals surface area contributed by atoms with Gasteiger partial charge in [-0.25, -0.2) is 0 Å². The number of hydrogen-bond acceptors (Lipinski definition) is 2. The van der Waals surface area contributed by atoms with E-state index in [4.69, 9.17) is 5.73 Å². The standard InChI is InChI=1S/C17H22N2O/c1-3-19(12-13(2)11-18)17(20)16-10-6-8-14-7-4-5-9-15(14)16/h4-10,13H,3,11-12,18H2,1-2H3. The van der Waals surface area contributed by atoms with Crippen molar-refractivity contribution in [2.75, 3.05) is 19.6 Å². The fourth-order valence-electron chi connectivity index (χ4n) is 2.39. The Morgan fingerprint density at radius 1 is 1.20 bits per heavy atom. The molecule has 3 heteroatoms. The minimum Gasteiger partial charge on any atom is -0.339 e. The highest BCUT2D eigenvalue weighted by Crippen LogP contribution is 2.20. The van der Waals surface area contributed by atoms with Crippen LogP contribution in [0.25, 0.3) is 10.8 Å². The molecule has 0 saturated carbocycles. The molecule has 0 heterocycles. The lowest BCUT2D eigenvalue weighted by atomic mass is 10.0. The first-order valence-corrected chi connectivity index (χ1v) is 7.14. The Kier molecular flexibility index (Phi) is 4.74. The zero-order valence-electron chi connectivity index (χ0n) is 12.2. The van der Waals surface area contributed by atoms with Crippen molar-refractivity contribution in [3.8, 4) is 0 Å². The summed E-state index contributed by atoms with van der Waals surface area (Å²) in [5, 5.41) is 2.11. The largest absolute Gasteiger partial charge is 0.339 e. The summed E-state index contributed by atoms with van der Waals surface area (Å²) in [4.78, 5) is 14.6. The quantitative estimate of drug-likeness (QED) is 0.908. The third-order valence-corrected chi connectivity index (χ3v) is 3.62. The molecule has 0 bridgehead atoms. The Labute approximate surface area is 120 Å². The zero-order valence-corrected chi connectivity index (χ0v) is 12.2. The first kappa shape index (κ1) is 14.5. The molecule has 0 spiro atoms. The van der Waals surface area contributed by atoms with Crippen molar-refractivity contribution >= 4 is 16.7 Å². The van der Waals surface area contributed by atoms with Crippen molar-refractivity contribution in [2.45, 2.75) is 13.8 Å². The third-order valence-electron chi connectivity index (χ3n) is 3.62. The van der Waals surface area contributed by atoms with Gasteiger partial charge in [0.2, 0.25) is 0 Å². The normalized spacial score (nSPS) is 12.3. The highest BCUT2D eigenvalue weighted by Gasteiger charge is 2.18. The van der Waals surface area contributed by atoms with Crippen LogP contribution in [0, 0.1) is 5.92 Å². The van der Waals surface area contributed by atoms with Crippen LogP contribution in [0.2, 0.25) is 0 Å². The zero-order chi connectivity index (χ0) is 14.5. The van der Waals surface area contributed by atoms with E-state index in [9.17, 15) is 4.79 Å². The molecule has 0 radical (unpaired) electrons. The molecule has 106 valence electrons. The van der Waals surface area contributed by atoms with E-state index in [1.807, 2.05) is 54.3 Å². The summed E-state index contributed by atoms with van der Waals surface area (Å²) in [5.41, 5.74) is 6.44. The molecule has 1 unspecified atom stereocenters. The van der Waals surface area contributed by atoms with Crippen molar-refractivity contribution in [3.05, 3.63) is 48.0 Å². The van der Waals surface area contributed by atoms with E-state index in [2.05, 4.69) is 6.92 Å². The Hall–Kier alpha value is -1.87. The van der Waals surface area contributed by atoms with E-state index in [1.165, 1.54) is 0 Å². The summed E-state index contributed by atoms with van der Waals surface area (Å²) < 4.78 is 0. The van der Waals surface area contributed by atoms with Gasteiger partial charge < -0.3 is 10.6 Å². The number of nitrogens with zero attached hydrogens (tertiary/aromatic N) is 1. The maximum absolute atomic E-state index is 12.7. The molecule has 2 N–H and O–H groups in total. The summed E-state index contributed by atoms with van der Waals surface area (Å²) in [5.74, 6) is 0.401. The maximum atomic E-state index is 12.7. The van der Waals surface area contributed by atoms with Crippen LogP contribution in [0.4, 0.5) is 0 Å². The van der Waals surface area contributed by atoms with Crippen LogP contribution in [0.1, 0.15) is 24.2 Å². The van der Waals surface area contributed by atoms with Gasteiger partial charge in [-0.15, -0.1) is 0 Å². The van der Waals surface area contributed by atoms with Crippen molar-refractivity contribution in [1.29, 1.82) is 0 Å². The van der Waals surface area contributed by atoms with Crippen molar-refractivity contribution in [3.63, 3.8) is 0 Å². The molecule has 1 amide bonds. The first-order chi connectivity index (χ1) is 9.67. The lowest BCUT2D eigenvalue weighted by Gasteiger charge is -2.24. The number of fused-ring (bicyclic) bond motifs is 1. The van der Waals surface area contributed by atoms with Crippen LogP contribution < -0.4 is 5.73 Å². The molecule has 0 aromatic heterocycles. The van der Waals surface area contributed by atoms with E-state index < -0.39 is 0 Å². The minimum absolute atomic E-state index is 0.0876. The van der Waals surface area contributed by atoms with Gasteiger partial charge in [0.05, 0.1) is 0 Å². The third kappa shape index (κ3) is 2.99. The number of amides is 1. The highest BCUT2D eigenvalue weighted by atomic mass is 16.2. The summed E-state index contributed by atoms with van der Waals surface area (Å²) in [6.07, 6.45) is 0. The van der Waals surface area contributed by atoms with Crippen LogP contribution in [-0.2, 0) is 0 Å². The molecule has 0 aliphatic carbocycles. The average Bonchev–Trinajstić information content (AvgIpc) is 2.51. The van der Waals surface area contributed by atoms with E-state index in [-0.39, 0.29) is 5.91 Å². The number of benzene rings is 2. The second kappa shape index (κ2) is 6.53. The average molecular weight is 270 g/mol. The lowest BCUT2D eigenvalue weighted by molar-refractivity contribution is 0.0746. The van der Waals surface area contributed by atoms with Crippen molar-refractivity contribution in [1.82, 2.24) is 4.90 Å². The number of nitrogens with two attached hydrogens (primary N) is 1. The maximum Gasteiger partial charge on any atom is 0.254 e. The van der Waals surface area contributed by atoms with Crippen molar-refractivity contribution < 1.29 is 4.79 Å². The van der Waals surface area contributed by atoms with Gasteiger partial charge >= 0.3 is 0 Å². The number of carbonyl (C=O) groups excluding carboxylic acids is 1. The number of rotatable bonds is 5. The van der Waals surface area contributed by atoms with Gasteiger partial charge in [0.25, 0.3) is 5.91 Å². The topological polar surface area (TPSA) is 46.3 Å². The molecule has 20 heavy (non-hydrogen) atoms. The summed E-state index contributed by atoms with van der Waals surface area (Å²) in [6.45, 7) is 6.08. The fourth-order valence-corrected chi connectivity index (χ4v) is 2.39. The summed E-state index contributed by atoms with van der Waals surface area (Å²) in [6, 6.07) is 13.9. The summed E-state index contributed by atoms with van der Waals surface area (Å²) >= 11 is 0. The smallest absolute Gasteiger partial charge is 0.254 e. The second-order valence-electron chi connectivity index (χ2n) is 5.21. The van der Waals surface area contributed by atoms with Gasteiger partial charge in [-0.05, 0) is 36.2 Å². The first-order valence-electron chi connectivity index (χ1n) is 7.14. The van der Waals surface area contributed by atoms with Gasteiger partial charge in [0.1, 0.15) is 0 Å². The molecular formula is C17H22N2O. The molecule has 2 aromatic carbocycles. The van der Waals surface area contributed by atoms with Crippen LogP contribution in [0.3, 0.4) is 0 Å². The monoisotopic (exact) mass is 270 g/mol. The van der Waals surface area contributed by atoms with Crippen LogP contribution in [0.5, 0.6) is 0 Å². The van der Waals surface area contributed by atoms with Gasteiger partial charge in [0.15, 0.2) is 0 Å². The van der Waals surface area contributed by atoms with Gasteiger partial charge in [-0.3, -0.25) is 4.79 Å². The molecular weight excluding hydrogens is 248 g/mol. The van der Waals surface area contributed by atoms with E-state index >= 15 is 0 Å². The van der Waals surface area contributed by atoms with E-state index in [1.54, 1.807) is 0 Å². The van der Waals surface area contributed by atoms with Gasteiger partial charge in [-0.2, -0.15) is 0 Å². The molecule has 0 aliphatic heterocycles. The number of hydrogen-bond donors (Lipinski definition) is 1. The lowest BCUT2D eigenvalue weighted by Crippen LogP contribution is -2.36. The molecule has 1 atom stereocenters. The fraction of sp³-hybridized carbons (Fsp3) is 0.353. The Balaban J connectivity index is 2.34.